The minimum atomic E-state index is -0.582. The topological polar surface area (TPSA) is 44.1 Å². The monoisotopic (exact) mass is 368 g/mol. The first-order valence-corrected chi connectivity index (χ1v) is 9.51. The van der Waals surface area contributed by atoms with Gasteiger partial charge < -0.3 is 4.74 Å². The Bertz CT molecular complexity index is 829. The highest BCUT2D eigenvalue weighted by molar-refractivity contribution is 5.86. The minimum absolute atomic E-state index is 0.0989. The van der Waals surface area contributed by atoms with Gasteiger partial charge >= 0.3 is 5.97 Å². The molecule has 0 saturated carbocycles. The fourth-order valence-electron chi connectivity index (χ4n) is 2.62. The van der Waals surface area contributed by atoms with E-state index >= 15 is 0 Å². The van der Waals surface area contributed by atoms with Gasteiger partial charge in [0.05, 0.1) is 11.1 Å². The standard InChI is InChI=1S/C23H32N2O2/c1-9-25-19(14-16(2)24-25)20(27-21(26)23(6,7)8)15-17-10-12-18(13-11-17)22(3,4)5/h10-15H,9H2,1-8H3/b20-15-. The van der Waals surface area contributed by atoms with Crippen LogP contribution < -0.4 is 0 Å². The molecule has 27 heavy (non-hydrogen) atoms. The van der Waals surface area contributed by atoms with Gasteiger partial charge in [-0.2, -0.15) is 5.10 Å². The van der Waals surface area contributed by atoms with Gasteiger partial charge in [-0.1, -0.05) is 45.0 Å². The summed E-state index contributed by atoms with van der Waals surface area (Å²) in [5.74, 6) is 0.266. The van der Waals surface area contributed by atoms with E-state index in [-0.39, 0.29) is 11.4 Å². The average molecular weight is 369 g/mol. The van der Waals surface area contributed by atoms with Crippen LogP contribution in [0.2, 0.25) is 0 Å². The lowest BCUT2D eigenvalue weighted by Crippen LogP contribution is -2.23. The second-order valence-electron chi connectivity index (χ2n) is 9.01. The largest absolute Gasteiger partial charge is 0.424 e. The normalized spacial score (nSPS) is 13.0. The SMILES string of the molecule is CCn1nc(C)cc1/C(=C/c1ccc(C(C)(C)C)cc1)OC(=O)C(C)(C)C. The molecule has 0 saturated heterocycles. The smallest absolute Gasteiger partial charge is 0.316 e. The number of esters is 1. The zero-order valence-electron chi connectivity index (χ0n) is 17.9. The molecule has 0 amide bonds. The summed E-state index contributed by atoms with van der Waals surface area (Å²) in [5.41, 5.74) is 3.48. The summed E-state index contributed by atoms with van der Waals surface area (Å²) < 4.78 is 7.68. The number of aryl methyl sites for hydroxylation is 2. The number of rotatable bonds is 4. The van der Waals surface area contributed by atoms with Crippen molar-refractivity contribution in [2.45, 2.75) is 67.3 Å². The molecular weight excluding hydrogens is 336 g/mol. The molecule has 1 aromatic heterocycles. The predicted octanol–water partition coefficient (Wildman–Crippen LogP) is 5.60. The highest BCUT2D eigenvalue weighted by Crippen LogP contribution is 2.27. The molecule has 0 spiro atoms. The van der Waals surface area contributed by atoms with Crippen molar-refractivity contribution in [1.82, 2.24) is 9.78 Å². The van der Waals surface area contributed by atoms with E-state index in [9.17, 15) is 4.79 Å². The maximum atomic E-state index is 12.5. The summed E-state index contributed by atoms with van der Waals surface area (Å²) in [6.45, 7) is 16.8. The van der Waals surface area contributed by atoms with Crippen molar-refractivity contribution >= 4 is 17.8 Å². The molecule has 0 unspecified atom stereocenters. The van der Waals surface area contributed by atoms with Crippen LogP contribution in [0.5, 0.6) is 0 Å². The van der Waals surface area contributed by atoms with Crippen LogP contribution in [-0.2, 0) is 21.5 Å². The van der Waals surface area contributed by atoms with E-state index in [1.807, 2.05) is 51.4 Å². The van der Waals surface area contributed by atoms with E-state index < -0.39 is 5.41 Å². The molecule has 2 rings (SSSR count). The Balaban J connectivity index is 2.48. The zero-order valence-corrected chi connectivity index (χ0v) is 17.9. The summed E-state index contributed by atoms with van der Waals surface area (Å²) in [4.78, 5) is 12.5. The number of carbonyl (C=O) groups excluding carboxylic acids is 1. The van der Waals surface area contributed by atoms with Gasteiger partial charge in [-0.15, -0.1) is 0 Å². The van der Waals surface area contributed by atoms with Crippen LogP contribution in [0.25, 0.3) is 11.8 Å². The van der Waals surface area contributed by atoms with E-state index in [4.69, 9.17) is 4.74 Å². The van der Waals surface area contributed by atoms with Crippen molar-refractivity contribution < 1.29 is 9.53 Å². The summed E-state index contributed by atoms with van der Waals surface area (Å²) >= 11 is 0. The first kappa shape index (κ1) is 20.9. The maximum Gasteiger partial charge on any atom is 0.316 e. The number of benzene rings is 1. The average Bonchev–Trinajstić information content (AvgIpc) is 2.94. The molecule has 0 aliphatic carbocycles. The van der Waals surface area contributed by atoms with Gasteiger partial charge in [-0.3, -0.25) is 9.48 Å². The van der Waals surface area contributed by atoms with Crippen LogP contribution in [0.4, 0.5) is 0 Å². The summed E-state index contributed by atoms with van der Waals surface area (Å²) in [6.07, 6.45) is 1.92. The van der Waals surface area contributed by atoms with Gasteiger partial charge in [0.15, 0.2) is 5.76 Å². The van der Waals surface area contributed by atoms with E-state index in [1.54, 1.807) is 0 Å². The molecule has 0 aliphatic heterocycles. The van der Waals surface area contributed by atoms with Crippen molar-refractivity contribution in [3.05, 3.63) is 52.8 Å². The Hall–Kier alpha value is -2.36. The third kappa shape index (κ3) is 5.31. The van der Waals surface area contributed by atoms with Crippen molar-refractivity contribution in [1.29, 1.82) is 0 Å². The molecule has 0 fully saturated rings. The zero-order chi connectivity index (χ0) is 20.4. The van der Waals surface area contributed by atoms with Gasteiger partial charge in [-0.25, -0.2) is 0 Å². The number of hydrogen-bond acceptors (Lipinski definition) is 3. The summed E-state index contributed by atoms with van der Waals surface area (Å²) in [5, 5.41) is 4.49. The van der Waals surface area contributed by atoms with Gasteiger partial charge in [0.2, 0.25) is 0 Å². The number of ether oxygens (including phenoxy) is 1. The fraction of sp³-hybridized carbons (Fsp3) is 0.478. The lowest BCUT2D eigenvalue weighted by molar-refractivity contribution is -0.145. The summed E-state index contributed by atoms with van der Waals surface area (Å²) in [6, 6.07) is 10.3. The molecule has 0 atom stereocenters. The van der Waals surface area contributed by atoms with Gasteiger partial charge in [0, 0.05) is 6.54 Å². The van der Waals surface area contributed by atoms with Crippen LogP contribution >= 0.6 is 0 Å². The molecule has 146 valence electrons. The van der Waals surface area contributed by atoms with E-state index in [2.05, 4.69) is 50.1 Å². The predicted molar refractivity (Wildman–Crippen MR) is 111 cm³/mol. The molecule has 0 radical (unpaired) electrons. The maximum absolute atomic E-state index is 12.5. The van der Waals surface area contributed by atoms with E-state index in [0.29, 0.717) is 12.3 Å². The van der Waals surface area contributed by atoms with E-state index in [0.717, 1.165) is 17.0 Å². The number of aromatic nitrogens is 2. The molecule has 1 heterocycles. The molecule has 0 bridgehead atoms. The Morgan fingerprint density at radius 1 is 1.11 bits per heavy atom. The molecule has 2 aromatic rings. The fourth-order valence-corrected chi connectivity index (χ4v) is 2.62. The number of hydrogen-bond donors (Lipinski definition) is 0. The van der Waals surface area contributed by atoms with Crippen molar-refractivity contribution in [2.75, 3.05) is 0 Å². The first-order chi connectivity index (χ1) is 12.4. The third-order valence-electron chi connectivity index (χ3n) is 4.34. The van der Waals surface area contributed by atoms with Crippen LogP contribution in [0.15, 0.2) is 30.3 Å². The van der Waals surface area contributed by atoms with Crippen LogP contribution in [0.3, 0.4) is 0 Å². The second-order valence-corrected chi connectivity index (χ2v) is 9.01. The lowest BCUT2D eigenvalue weighted by atomic mass is 9.86. The molecule has 4 nitrogen and oxygen atoms in total. The van der Waals surface area contributed by atoms with Crippen molar-refractivity contribution in [2.24, 2.45) is 5.41 Å². The van der Waals surface area contributed by atoms with Crippen LogP contribution in [0, 0.1) is 12.3 Å². The highest BCUT2D eigenvalue weighted by Gasteiger charge is 2.26. The minimum Gasteiger partial charge on any atom is -0.424 e. The van der Waals surface area contributed by atoms with Crippen LogP contribution in [-0.4, -0.2) is 15.7 Å². The summed E-state index contributed by atoms with van der Waals surface area (Å²) in [7, 11) is 0. The molecular formula is C23H32N2O2. The molecule has 1 aromatic carbocycles. The van der Waals surface area contributed by atoms with E-state index in [1.165, 1.54) is 5.56 Å². The van der Waals surface area contributed by atoms with Crippen LogP contribution in [0.1, 0.15) is 71.0 Å². The molecule has 4 heteroatoms. The quantitative estimate of drug-likeness (QED) is 0.521. The Labute approximate surface area is 163 Å². The second kappa shape index (κ2) is 7.71. The van der Waals surface area contributed by atoms with Gasteiger partial charge in [0.25, 0.3) is 0 Å². The van der Waals surface area contributed by atoms with Gasteiger partial charge in [0.1, 0.15) is 5.69 Å². The van der Waals surface area contributed by atoms with Gasteiger partial charge in [-0.05, 0) is 63.3 Å². The number of carbonyl (C=O) groups is 1. The van der Waals surface area contributed by atoms with Crippen molar-refractivity contribution in [3.8, 4) is 0 Å². The number of nitrogens with zero attached hydrogens (tertiary/aromatic N) is 2. The third-order valence-corrected chi connectivity index (χ3v) is 4.34. The Morgan fingerprint density at radius 3 is 2.19 bits per heavy atom. The van der Waals surface area contributed by atoms with Crippen molar-refractivity contribution in [3.63, 3.8) is 0 Å². The molecule has 0 aliphatic rings. The lowest BCUT2D eigenvalue weighted by Gasteiger charge is -2.20. The molecule has 0 N–H and O–H groups in total. The Morgan fingerprint density at radius 2 is 1.70 bits per heavy atom. The highest BCUT2D eigenvalue weighted by atomic mass is 16.5. The first-order valence-electron chi connectivity index (χ1n) is 9.51. The Kier molecular flexibility index (Phi) is 5.98.